The van der Waals surface area contributed by atoms with Gasteiger partial charge in [-0.2, -0.15) is 10.4 Å². The molecule has 4 rings (SSSR count). The van der Waals surface area contributed by atoms with Crippen molar-refractivity contribution in [2.45, 2.75) is 25.4 Å². The molecule has 0 amide bonds. The van der Waals surface area contributed by atoms with Crippen LogP contribution in [-0.4, -0.2) is 10.2 Å². The molecule has 0 spiro atoms. The monoisotopic (exact) mass is 289 g/mol. The second kappa shape index (κ2) is 5.19. The Bertz CT molecular complexity index is 875. The average molecular weight is 289 g/mol. The Labute approximate surface area is 128 Å². The second-order valence-corrected chi connectivity index (χ2v) is 5.64. The molecular formula is C18H15N3O. The van der Waals surface area contributed by atoms with Crippen LogP contribution in [0.15, 0.2) is 42.6 Å². The molecular weight excluding hydrogens is 274 g/mol. The first-order valence-electron chi connectivity index (χ1n) is 7.46. The number of aromatic amines is 1. The van der Waals surface area contributed by atoms with Crippen LogP contribution < -0.4 is 4.74 Å². The summed E-state index contributed by atoms with van der Waals surface area (Å²) in [5, 5.41) is 17.1. The van der Waals surface area contributed by atoms with Gasteiger partial charge in [0.05, 0.1) is 23.3 Å². The summed E-state index contributed by atoms with van der Waals surface area (Å²) >= 11 is 0. The smallest absolute Gasteiger partial charge is 0.124 e. The third-order valence-corrected chi connectivity index (χ3v) is 4.22. The minimum Gasteiger partial charge on any atom is -0.486 e. The number of fused-ring (bicyclic) bond motifs is 2. The van der Waals surface area contributed by atoms with Gasteiger partial charge in [-0.25, -0.2) is 0 Å². The third-order valence-electron chi connectivity index (χ3n) is 4.22. The average Bonchev–Trinajstić information content (AvgIpc) is 3.02. The molecule has 4 nitrogen and oxygen atoms in total. The fourth-order valence-electron chi connectivity index (χ4n) is 3.12. The minimum absolute atomic E-state index is 0.0527. The van der Waals surface area contributed by atoms with E-state index in [0.717, 1.165) is 41.5 Å². The van der Waals surface area contributed by atoms with Gasteiger partial charge in [0.25, 0.3) is 0 Å². The predicted molar refractivity (Wildman–Crippen MR) is 83.6 cm³/mol. The predicted octanol–water partition coefficient (Wildman–Crippen LogP) is 3.89. The van der Waals surface area contributed by atoms with Gasteiger partial charge in [0, 0.05) is 11.5 Å². The van der Waals surface area contributed by atoms with Crippen LogP contribution in [0.5, 0.6) is 5.75 Å². The molecule has 2 aromatic carbocycles. The number of nitriles is 1. The second-order valence-electron chi connectivity index (χ2n) is 5.64. The van der Waals surface area contributed by atoms with Gasteiger partial charge >= 0.3 is 0 Å². The van der Waals surface area contributed by atoms with E-state index in [2.05, 4.69) is 16.3 Å². The summed E-state index contributed by atoms with van der Waals surface area (Å²) < 4.78 is 6.20. The molecule has 1 aliphatic rings. The van der Waals surface area contributed by atoms with Gasteiger partial charge in [0.2, 0.25) is 0 Å². The van der Waals surface area contributed by atoms with Crippen LogP contribution in [0.3, 0.4) is 0 Å². The highest BCUT2D eigenvalue weighted by Crippen LogP contribution is 2.34. The van der Waals surface area contributed by atoms with E-state index in [1.807, 2.05) is 36.4 Å². The van der Waals surface area contributed by atoms with Gasteiger partial charge < -0.3 is 4.74 Å². The summed E-state index contributed by atoms with van der Waals surface area (Å²) in [5.41, 5.74) is 4.14. The van der Waals surface area contributed by atoms with Crippen molar-refractivity contribution in [3.8, 4) is 11.8 Å². The molecule has 0 radical (unpaired) electrons. The maximum atomic E-state index is 9.03. The quantitative estimate of drug-likeness (QED) is 0.778. The summed E-state index contributed by atoms with van der Waals surface area (Å²) in [6.07, 6.45) is 4.96. The zero-order valence-electron chi connectivity index (χ0n) is 12.0. The van der Waals surface area contributed by atoms with Gasteiger partial charge in [-0.15, -0.1) is 0 Å². The molecule has 0 saturated heterocycles. The van der Waals surface area contributed by atoms with Crippen molar-refractivity contribution in [3.63, 3.8) is 0 Å². The van der Waals surface area contributed by atoms with Crippen LogP contribution in [0.1, 0.15) is 35.6 Å². The lowest BCUT2D eigenvalue weighted by Gasteiger charge is -2.26. The fourth-order valence-corrected chi connectivity index (χ4v) is 3.12. The lowest BCUT2D eigenvalue weighted by atomic mass is 9.88. The van der Waals surface area contributed by atoms with Crippen molar-refractivity contribution in [3.05, 3.63) is 59.3 Å². The normalized spacial score (nSPS) is 17.0. The van der Waals surface area contributed by atoms with Crippen LogP contribution in [0.4, 0.5) is 0 Å². The number of nitrogens with zero attached hydrogens (tertiary/aromatic N) is 2. The number of hydrogen-bond acceptors (Lipinski definition) is 3. The molecule has 4 heteroatoms. The highest BCUT2D eigenvalue weighted by molar-refractivity contribution is 5.79. The number of ether oxygens (including phenoxy) is 1. The Kier molecular flexibility index (Phi) is 3.05. The number of rotatable bonds is 2. The number of aromatic nitrogens is 2. The molecule has 0 saturated carbocycles. The highest BCUT2D eigenvalue weighted by atomic mass is 16.5. The topological polar surface area (TPSA) is 61.7 Å². The van der Waals surface area contributed by atoms with E-state index >= 15 is 0 Å². The number of benzene rings is 2. The van der Waals surface area contributed by atoms with Gasteiger partial charge in [0.1, 0.15) is 11.9 Å². The molecule has 1 unspecified atom stereocenters. The molecule has 1 heterocycles. The first-order valence-corrected chi connectivity index (χ1v) is 7.46. The molecule has 1 aromatic heterocycles. The zero-order valence-corrected chi connectivity index (χ0v) is 12.0. The van der Waals surface area contributed by atoms with Crippen LogP contribution in [0.25, 0.3) is 10.9 Å². The Morgan fingerprint density at radius 1 is 1.23 bits per heavy atom. The molecule has 1 aliphatic carbocycles. The van der Waals surface area contributed by atoms with Crippen LogP contribution in [0.2, 0.25) is 0 Å². The van der Waals surface area contributed by atoms with E-state index in [1.165, 1.54) is 11.1 Å². The number of hydrogen-bond donors (Lipinski definition) is 1. The Balaban J connectivity index is 1.65. The number of nitrogens with one attached hydrogen (secondary N) is 1. The summed E-state index contributed by atoms with van der Waals surface area (Å²) in [4.78, 5) is 0. The van der Waals surface area contributed by atoms with E-state index in [-0.39, 0.29) is 6.10 Å². The largest absolute Gasteiger partial charge is 0.486 e. The van der Waals surface area contributed by atoms with E-state index in [1.54, 1.807) is 6.20 Å². The van der Waals surface area contributed by atoms with E-state index in [9.17, 15) is 0 Å². The lowest BCUT2D eigenvalue weighted by molar-refractivity contribution is 0.183. The van der Waals surface area contributed by atoms with E-state index in [4.69, 9.17) is 10.00 Å². The summed E-state index contributed by atoms with van der Waals surface area (Å²) in [7, 11) is 0. The number of H-pyrrole nitrogens is 1. The SMILES string of the molecule is N#Cc1ccc2c(c1)CCCC2Oc1ccc2cn[nH]c2c1. The van der Waals surface area contributed by atoms with Crippen molar-refractivity contribution >= 4 is 10.9 Å². The number of aryl methyl sites for hydroxylation is 1. The first-order chi connectivity index (χ1) is 10.8. The molecule has 0 bridgehead atoms. The molecule has 3 aromatic rings. The van der Waals surface area contributed by atoms with Crippen molar-refractivity contribution in [2.75, 3.05) is 0 Å². The maximum absolute atomic E-state index is 9.03. The fraction of sp³-hybridized carbons (Fsp3) is 0.222. The minimum atomic E-state index is 0.0527. The van der Waals surface area contributed by atoms with Crippen molar-refractivity contribution in [1.82, 2.24) is 10.2 Å². The first kappa shape index (κ1) is 12.9. The van der Waals surface area contributed by atoms with Gasteiger partial charge in [0.15, 0.2) is 0 Å². The standard InChI is InChI=1S/C18H15N3O/c19-10-12-4-7-16-13(8-12)2-1-3-18(16)22-15-6-5-14-11-20-21-17(14)9-15/h4-9,11,18H,1-3H2,(H,20,21). The van der Waals surface area contributed by atoms with Crippen LogP contribution in [0, 0.1) is 11.3 Å². The van der Waals surface area contributed by atoms with E-state index < -0.39 is 0 Å². The molecule has 0 fully saturated rings. The van der Waals surface area contributed by atoms with Gasteiger partial charge in [-0.3, -0.25) is 5.10 Å². The van der Waals surface area contributed by atoms with Crippen molar-refractivity contribution < 1.29 is 4.74 Å². The van der Waals surface area contributed by atoms with Crippen LogP contribution >= 0.6 is 0 Å². The zero-order chi connectivity index (χ0) is 14.9. The summed E-state index contributed by atoms with van der Waals surface area (Å²) in [6.45, 7) is 0. The Morgan fingerprint density at radius 3 is 3.09 bits per heavy atom. The molecule has 1 N–H and O–H groups in total. The molecule has 0 aliphatic heterocycles. The van der Waals surface area contributed by atoms with Gasteiger partial charge in [-0.1, -0.05) is 6.07 Å². The molecule has 22 heavy (non-hydrogen) atoms. The highest BCUT2D eigenvalue weighted by Gasteiger charge is 2.22. The Hall–Kier alpha value is -2.80. The van der Waals surface area contributed by atoms with E-state index in [0.29, 0.717) is 0 Å². The summed E-state index contributed by atoms with van der Waals surface area (Å²) in [6, 6.07) is 14.1. The van der Waals surface area contributed by atoms with Crippen molar-refractivity contribution in [1.29, 1.82) is 5.26 Å². The van der Waals surface area contributed by atoms with Crippen LogP contribution in [-0.2, 0) is 6.42 Å². The summed E-state index contributed by atoms with van der Waals surface area (Å²) in [5.74, 6) is 0.846. The van der Waals surface area contributed by atoms with Crippen molar-refractivity contribution in [2.24, 2.45) is 0 Å². The molecule has 108 valence electrons. The maximum Gasteiger partial charge on any atom is 0.124 e. The third kappa shape index (κ3) is 2.21. The molecule has 1 atom stereocenters. The lowest BCUT2D eigenvalue weighted by Crippen LogP contribution is -2.15. The Morgan fingerprint density at radius 2 is 2.18 bits per heavy atom. The van der Waals surface area contributed by atoms with Gasteiger partial charge in [-0.05, 0) is 54.7 Å².